The van der Waals surface area contributed by atoms with Crippen molar-refractivity contribution in [2.24, 2.45) is 0 Å². The van der Waals surface area contributed by atoms with Crippen LogP contribution in [0.25, 0.3) is 0 Å². The Bertz CT molecular complexity index is 516. The van der Waals surface area contributed by atoms with Crippen LogP contribution >= 0.6 is 0 Å². The number of anilines is 1. The summed E-state index contributed by atoms with van der Waals surface area (Å²) in [5.74, 6) is 0.787. The van der Waals surface area contributed by atoms with Crippen LogP contribution in [0.5, 0.6) is 0 Å². The molecule has 0 radical (unpaired) electrons. The first-order valence-electron chi connectivity index (χ1n) is 6.03. The highest BCUT2D eigenvalue weighted by molar-refractivity contribution is 5.25. The van der Waals surface area contributed by atoms with Crippen molar-refractivity contribution in [1.29, 1.82) is 0 Å². The molecule has 3 atom stereocenters. The molecule has 1 aliphatic rings. The quantitative estimate of drug-likeness (QED) is 0.700. The number of aromatic nitrogens is 3. The molecule has 2 heterocycles. The lowest BCUT2D eigenvalue weighted by Crippen LogP contribution is -2.32. The van der Waals surface area contributed by atoms with Crippen LogP contribution in [0.3, 0.4) is 0 Å². The predicted octanol–water partition coefficient (Wildman–Crippen LogP) is -1.35. The Labute approximate surface area is 110 Å². The minimum Gasteiger partial charge on any atom is -0.394 e. The molecular formula is C11H18N4O4. The van der Waals surface area contributed by atoms with Crippen LogP contribution in [-0.2, 0) is 4.74 Å². The van der Waals surface area contributed by atoms with Crippen molar-refractivity contribution in [2.45, 2.75) is 31.8 Å². The smallest absolute Gasteiger partial charge is 0.354 e. The number of ether oxygens (including phenoxy) is 1. The van der Waals surface area contributed by atoms with Gasteiger partial charge in [-0.1, -0.05) is 0 Å². The summed E-state index contributed by atoms with van der Waals surface area (Å²) < 4.78 is 6.74. The first kappa shape index (κ1) is 13.9. The van der Waals surface area contributed by atoms with E-state index in [0.717, 1.165) is 0 Å². The van der Waals surface area contributed by atoms with Gasteiger partial charge < -0.3 is 19.8 Å². The van der Waals surface area contributed by atoms with Gasteiger partial charge in [0, 0.05) is 20.5 Å². The summed E-state index contributed by atoms with van der Waals surface area (Å²) in [7, 11) is 3.49. The summed E-state index contributed by atoms with van der Waals surface area (Å²) in [6.45, 7) is 1.39. The van der Waals surface area contributed by atoms with E-state index in [9.17, 15) is 9.90 Å². The van der Waals surface area contributed by atoms with E-state index in [0.29, 0.717) is 11.8 Å². The summed E-state index contributed by atoms with van der Waals surface area (Å²) in [5, 5.41) is 18.7. The zero-order valence-electron chi connectivity index (χ0n) is 11.1. The highest BCUT2D eigenvalue weighted by Crippen LogP contribution is 2.28. The van der Waals surface area contributed by atoms with E-state index >= 15 is 0 Å². The van der Waals surface area contributed by atoms with Crippen molar-refractivity contribution in [1.82, 2.24) is 14.5 Å². The summed E-state index contributed by atoms with van der Waals surface area (Å²) in [6.07, 6.45) is -1.88. The Hall–Kier alpha value is -1.51. The molecule has 8 nitrogen and oxygen atoms in total. The van der Waals surface area contributed by atoms with Crippen LogP contribution in [-0.4, -0.2) is 57.7 Å². The monoisotopic (exact) mass is 270 g/mol. The molecule has 1 aliphatic heterocycles. The highest BCUT2D eigenvalue weighted by Gasteiger charge is 2.35. The van der Waals surface area contributed by atoms with Crippen molar-refractivity contribution < 1.29 is 14.9 Å². The maximum Gasteiger partial charge on any atom is 0.354 e. The van der Waals surface area contributed by atoms with Gasteiger partial charge in [-0.15, -0.1) is 0 Å². The third-order valence-electron chi connectivity index (χ3n) is 3.08. The van der Waals surface area contributed by atoms with E-state index in [4.69, 9.17) is 9.84 Å². The van der Waals surface area contributed by atoms with Crippen LogP contribution in [0, 0.1) is 6.92 Å². The van der Waals surface area contributed by atoms with Gasteiger partial charge in [-0.05, 0) is 6.92 Å². The maximum atomic E-state index is 12.0. The highest BCUT2D eigenvalue weighted by atomic mass is 16.5. The third kappa shape index (κ3) is 2.60. The molecule has 0 spiro atoms. The zero-order chi connectivity index (χ0) is 14.2. The number of rotatable bonds is 3. The standard InChI is InChI=1S/C11H18N4O4/c1-6-12-10(14(2)3)13-11(18)15(6)9-4-7(17)8(5-16)19-9/h7-9,16-17H,4-5H2,1-3H3/t7-,8+,9+/m0/s1. The van der Waals surface area contributed by atoms with Crippen LogP contribution in [0.2, 0.25) is 0 Å². The molecule has 1 fully saturated rings. The normalized spacial score (nSPS) is 26.7. The molecular weight excluding hydrogens is 252 g/mol. The number of aliphatic hydroxyl groups is 2. The van der Waals surface area contributed by atoms with Gasteiger partial charge >= 0.3 is 5.69 Å². The first-order chi connectivity index (χ1) is 8.93. The molecule has 0 saturated carbocycles. The predicted molar refractivity (Wildman–Crippen MR) is 67.0 cm³/mol. The first-order valence-corrected chi connectivity index (χ1v) is 6.03. The molecule has 106 valence electrons. The van der Waals surface area contributed by atoms with Crippen LogP contribution in [0.1, 0.15) is 18.5 Å². The van der Waals surface area contributed by atoms with Gasteiger partial charge in [-0.3, -0.25) is 4.57 Å². The largest absolute Gasteiger partial charge is 0.394 e. The minimum absolute atomic E-state index is 0.233. The van der Waals surface area contributed by atoms with Gasteiger partial charge in [0.2, 0.25) is 5.95 Å². The van der Waals surface area contributed by atoms with E-state index in [2.05, 4.69) is 9.97 Å². The fourth-order valence-electron chi connectivity index (χ4n) is 2.07. The molecule has 1 aromatic rings. The Morgan fingerprint density at radius 2 is 2.16 bits per heavy atom. The molecule has 0 bridgehead atoms. The van der Waals surface area contributed by atoms with Gasteiger partial charge in [-0.2, -0.15) is 9.97 Å². The summed E-state index contributed by atoms with van der Waals surface area (Å²) in [6, 6.07) is 0. The lowest BCUT2D eigenvalue weighted by atomic mass is 10.2. The molecule has 8 heteroatoms. The van der Waals surface area contributed by atoms with Crippen LogP contribution in [0.4, 0.5) is 5.95 Å². The number of aliphatic hydroxyl groups excluding tert-OH is 2. The van der Waals surface area contributed by atoms with Gasteiger partial charge in [-0.25, -0.2) is 4.79 Å². The second-order valence-corrected chi connectivity index (χ2v) is 4.73. The Morgan fingerprint density at radius 3 is 2.63 bits per heavy atom. The van der Waals surface area contributed by atoms with Crippen molar-refractivity contribution in [3.63, 3.8) is 0 Å². The number of aryl methyl sites for hydroxylation is 1. The summed E-state index contributed by atoms with van der Waals surface area (Å²) in [4.78, 5) is 21.7. The van der Waals surface area contributed by atoms with Crippen LogP contribution in [0.15, 0.2) is 4.79 Å². The van der Waals surface area contributed by atoms with E-state index in [-0.39, 0.29) is 13.0 Å². The second-order valence-electron chi connectivity index (χ2n) is 4.73. The molecule has 0 amide bonds. The number of hydrogen-bond donors (Lipinski definition) is 2. The number of hydrogen-bond acceptors (Lipinski definition) is 7. The van der Waals surface area contributed by atoms with E-state index in [1.165, 1.54) is 4.57 Å². The topological polar surface area (TPSA) is 101 Å². The van der Waals surface area contributed by atoms with Crippen LogP contribution < -0.4 is 10.6 Å². The van der Waals surface area contributed by atoms with Gasteiger partial charge in [0.1, 0.15) is 18.2 Å². The average Bonchev–Trinajstić information content (AvgIpc) is 2.69. The summed E-state index contributed by atoms with van der Waals surface area (Å²) in [5.41, 5.74) is -0.480. The molecule has 1 aromatic heterocycles. The van der Waals surface area contributed by atoms with E-state index in [1.54, 1.807) is 25.9 Å². The molecule has 0 unspecified atom stereocenters. The van der Waals surface area contributed by atoms with Crippen molar-refractivity contribution in [3.05, 3.63) is 16.3 Å². The minimum atomic E-state index is -0.796. The lowest BCUT2D eigenvalue weighted by molar-refractivity contribution is -0.0469. The molecule has 0 aromatic carbocycles. The van der Waals surface area contributed by atoms with Crippen molar-refractivity contribution in [3.8, 4) is 0 Å². The lowest BCUT2D eigenvalue weighted by Gasteiger charge is -2.18. The third-order valence-corrected chi connectivity index (χ3v) is 3.08. The summed E-state index contributed by atoms with van der Waals surface area (Å²) >= 11 is 0. The Balaban J connectivity index is 2.34. The fraction of sp³-hybridized carbons (Fsp3) is 0.727. The van der Waals surface area contributed by atoms with Gasteiger partial charge in [0.15, 0.2) is 0 Å². The Morgan fingerprint density at radius 1 is 1.47 bits per heavy atom. The second kappa shape index (κ2) is 5.24. The maximum absolute atomic E-state index is 12.0. The Kier molecular flexibility index (Phi) is 3.83. The zero-order valence-corrected chi connectivity index (χ0v) is 11.1. The molecule has 2 rings (SSSR count). The molecule has 1 saturated heterocycles. The fourth-order valence-corrected chi connectivity index (χ4v) is 2.07. The van der Waals surface area contributed by atoms with Gasteiger partial charge in [0.05, 0.1) is 12.7 Å². The van der Waals surface area contributed by atoms with E-state index in [1.807, 2.05) is 0 Å². The van der Waals surface area contributed by atoms with Crippen molar-refractivity contribution >= 4 is 5.95 Å². The van der Waals surface area contributed by atoms with E-state index < -0.39 is 24.1 Å². The SMILES string of the molecule is Cc1nc(N(C)C)nc(=O)n1[C@H]1C[C@H](O)[C@@H](CO)O1. The molecule has 2 N–H and O–H groups in total. The van der Waals surface area contributed by atoms with Gasteiger partial charge in [0.25, 0.3) is 0 Å². The average molecular weight is 270 g/mol. The molecule has 19 heavy (non-hydrogen) atoms. The number of nitrogens with zero attached hydrogens (tertiary/aromatic N) is 4. The van der Waals surface area contributed by atoms with Crippen molar-refractivity contribution in [2.75, 3.05) is 25.6 Å². The molecule has 0 aliphatic carbocycles.